The Morgan fingerprint density at radius 3 is 2.58 bits per heavy atom. The number of aryl methyl sites for hydroxylation is 1. The number of carbonyl (C=O) groups is 1. The van der Waals surface area contributed by atoms with E-state index in [9.17, 15) is 14.7 Å². The summed E-state index contributed by atoms with van der Waals surface area (Å²) in [5, 5.41) is 13.2. The molecule has 0 spiro atoms. The summed E-state index contributed by atoms with van der Waals surface area (Å²) in [6.07, 6.45) is -1.01. The molecule has 3 aromatic carbocycles. The molecule has 0 bridgehead atoms. The molecule has 0 radical (unpaired) electrons. The molecular formula is C29H27NO8. The van der Waals surface area contributed by atoms with Gasteiger partial charge in [-0.3, -0.25) is 4.79 Å². The lowest BCUT2D eigenvalue weighted by atomic mass is 10.0. The van der Waals surface area contributed by atoms with Crippen LogP contribution in [0.2, 0.25) is 0 Å². The maximum absolute atomic E-state index is 13.1. The van der Waals surface area contributed by atoms with Crippen LogP contribution in [-0.4, -0.2) is 44.2 Å². The summed E-state index contributed by atoms with van der Waals surface area (Å²) in [5.74, 6) is 1.22. The number of hydrogen-bond donors (Lipinski definition) is 2. The van der Waals surface area contributed by atoms with E-state index in [1.165, 1.54) is 0 Å². The molecule has 38 heavy (non-hydrogen) atoms. The lowest BCUT2D eigenvalue weighted by molar-refractivity contribution is -0.0893. The fourth-order valence-electron chi connectivity index (χ4n) is 4.37. The van der Waals surface area contributed by atoms with Crippen LogP contribution in [0.1, 0.15) is 22.3 Å². The Morgan fingerprint density at radius 2 is 1.84 bits per heavy atom. The van der Waals surface area contributed by atoms with Crippen LogP contribution in [-0.2, 0) is 4.74 Å². The van der Waals surface area contributed by atoms with Crippen molar-refractivity contribution in [1.82, 2.24) is 0 Å². The molecule has 9 nitrogen and oxygen atoms in total. The first-order chi connectivity index (χ1) is 18.4. The molecule has 1 fully saturated rings. The number of benzene rings is 3. The minimum atomic E-state index is -0.775. The molecular weight excluding hydrogens is 490 g/mol. The lowest BCUT2D eigenvalue weighted by Crippen LogP contribution is -2.27. The molecule has 0 unspecified atom stereocenters. The molecule has 0 saturated carbocycles. The van der Waals surface area contributed by atoms with E-state index in [-0.39, 0.29) is 5.69 Å². The van der Waals surface area contributed by atoms with Gasteiger partial charge in [-0.2, -0.15) is 0 Å². The second-order valence-electron chi connectivity index (χ2n) is 8.87. The van der Waals surface area contributed by atoms with Gasteiger partial charge in [-0.05, 0) is 61.0 Å². The topological polar surface area (TPSA) is 116 Å². The number of amides is 1. The zero-order valence-electron chi connectivity index (χ0n) is 21.1. The van der Waals surface area contributed by atoms with Crippen LogP contribution in [0.15, 0.2) is 69.9 Å². The van der Waals surface area contributed by atoms with Gasteiger partial charge in [0, 0.05) is 28.5 Å². The van der Waals surface area contributed by atoms with Crippen molar-refractivity contribution < 1.29 is 33.3 Å². The predicted octanol–water partition coefficient (Wildman–Crippen LogP) is 4.52. The summed E-state index contributed by atoms with van der Waals surface area (Å²) in [7, 11) is 3.14. The van der Waals surface area contributed by atoms with Crippen molar-refractivity contribution in [2.24, 2.45) is 0 Å². The van der Waals surface area contributed by atoms with Gasteiger partial charge in [0.05, 0.1) is 20.8 Å². The summed E-state index contributed by atoms with van der Waals surface area (Å²) in [6.45, 7) is 2.16. The summed E-state index contributed by atoms with van der Waals surface area (Å²) in [4.78, 5) is 25.9. The molecule has 5 rings (SSSR count). The Morgan fingerprint density at radius 1 is 1.03 bits per heavy atom. The molecule has 1 aliphatic rings. The largest absolute Gasteiger partial charge is 0.497 e. The third-order valence-electron chi connectivity index (χ3n) is 6.44. The van der Waals surface area contributed by atoms with E-state index in [0.29, 0.717) is 57.9 Å². The second-order valence-corrected chi connectivity index (χ2v) is 8.87. The summed E-state index contributed by atoms with van der Waals surface area (Å²) in [6, 6.07) is 17.4. The van der Waals surface area contributed by atoms with Crippen LogP contribution in [0.25, 0.3) is 22.1 Å². The van der Waals surface area contributed by atoms with Gasteiger partial charge in [0.1, 0.15) is 34.6 Å². The Labute approximate surface area is 218 Å². The van der Waals surface area contributed by atoms with Gasteiger partial charge in [0.25, 0.3) is 5.91 Å². The van der Waals surface area contributed by atoms with Gasteiger partial charge in [0.15, 0.2) is 0 Å². The molecule has 2 atom stereocenters. The van der Waals surface area contributed by atoms with Crippen LogP contribution in [0.3, 0.4) is 0 Å². The number of ether oxygens (including phenoxy) is 4. The Hall–Kier alpha value is -4.34. The van der Waals surface area contributed by atoms with Crippen molar-refractivity contribution in [1.29, 1.82) is 0 Å². The molecule has 1 aliphatic heterocycles. The van der Waals surface area contributed by atoms with Crippen molar-refractivity contribution in [2.75, 3.05) is 26.1 Å². The van der Waals surface area contributed by atoms with Crippen molar-refractivity contribution in [3.63, 3.8) is 0 Å². The highest BCUT2D eigenvalue weighted by molar-refractivity contribution is 6.05. The van der Waals surface area contributed by atoms with Crippen LogP contribution in [0.5, 0.6) is 17.2 Å². The zero-order chi connectivity index (χ0) is 26.8. The molecule has 1 amide bonds. The highest BCUT2D eigenvalue weighted by Gasteiger charge is 2.28. The maximum Gasteiger partial charge on any atom is 0.360 e. The van der Waals surface area contributed by atoms with Crippen molar-refractivity contribution in [3.8, 4) is 28.4 Å². The van der Waals surface area contributed by atoms with Gasteiger partial charge >= 0.3 is 5.63 Å². The summed E-state index contributed by atoms with van der Waals surface area (Å²) in [5.41, 5.74) is 2.04. The SMILES string of the molecule is COc1cccc(-c2cc(C(=O)Nc3cc4ccc(O[C@H]5OCC[C@H]5O)c(C)c4oc3=O)ccc2OC)c1. The number of anilines is 1. The average molecular weight is 518 g/mol. The average Bonchev–Trinajstić information content (AvgIpc) is 3.34. The zero-order valence-corrected chi connectivity index (χ0v) is 21.1. The van der Waals surface area contributed by atoms with Crippen LogP contribution < -0.4 is 25.2 Å². The van der Waals surface area contributed by atoms with Crippen LogP contribution in [0, 0.1) is 6.92 Å². The lowest BCUT2D eigenvalue weighted by Gasteiger charge is -2.18. The fraction of sp³-hybridized carbons (Fsp3) is 0.241. The third kappa shape index (κ3) is 4.93. The first-order valence-corrected chi connectivity index (χ1v) is 12.1. The monoisotopic (exact) mass is 517 g/mol. The van der Waals surface area contributed by atoms with E-state index in [2.05, 4.69) is 5.32 Å². The predicted molar refractivity (Wildman–Crippen MR) is 141 cm³/mol. The number of rotatable bonds is 7. The van der Waals surface area contributed by atoms with E-state index < -0.39 is 23.9 Å². The molecule has 9 heteroatoms. The summed E-state index contributed by atoms with van der Waals surface area (Å²) >= 11 is 0. The molecule has 2 heterocycles. The smallest absolute Gasteiger partial charge is 0.360 e. The van der Waals surface area contributed by atoms with Gasteiger partial charge in [0.2, 0.25) is 6.29 Å². The number of hydrogen-bond acceptors (Lipinski definition) is 8. The maximum atomic E-state index is 13.1. The molecule has 4 aromatic rings. The summed E-state index contributed by atoms with van der Waals surface area (Å²) < 4.78 is 27.5. The van der Waals surface area contributed by atoms with Crippen molar-refractivity contribution in [2.45, 2.75) is 25.7 Å². The first-order valence-electron chi connectivity index (χ1n) is 12.1. The normalized spacial score (nSPS) is 16.8. The number of fused-ring (bicyclic) bond motifs is 1. The Balaban J connectivity index is 1.42. The number of nitrogens with one attached hydrogen (secondary N) is 1. The molecule has 196 valence electrons. The van der Waals surface area contributed by atoms with Gasteiger partial charge < -0.3 is 33.8 Å². The van der Waals surface area contributed by atoms with E-state index >= 15 is 0 Å². The minimum Gasteiger partial charge on any atom is -0.497 e. The van der Waals surface area contributed by atoms with E-state index in [0.717, 1.165) is 5.56 Å². The Kier molecular flexibility index (Phi) is 7.04. The quantitative estimate of drug-likeness (QED) is 0.344. The van der Waals surface area contributed by atoms with Gasteiger partial charge in [-0.25, -0.2) is 4.79 Å². The third-order valence-corrected chi connectivity index (χ3v) is 6.44. The van der Waals surface area contributed by atoms with Crippen molar-refractivity contribution >= 4 is 22.6 Å². The standard InChI is InChI=1S/C29H27NO8/c1-16-24(37-29-23(31)11-12-36-29)9-7-18-15-22(28(33)38-26(16)18)30-27(32)19-8-10-25(35-3)21(14-19)17-5-4-6-20(13-17)34-2/h4-10,13-15,23,29,31H,11-12H2,1-3H3,(H,30,32)/t23-,29-/m1/s1. The molecule has 1 saturated heterocycles. The number of aliphatic hydroxyl groups excluding tert-OH is 1. The molecule has 0 aliphatic carbocycles. The van der Waals surface area contributed by atoms with E-state index in [1.807, 2.05) is 24.3 Å². The van der Waals surface area contributed by atoms with Gasteiger partial charge in [-0.1, -0.05) is 12.1 Å². The van der Waals surface area contributed by atoms with Crippen molar-refractivity contribution in [3.05, 3.63) is 82.2 Å². The van der Waals surface area contributed by atoms with Crippen LogP contribution >= 0.6 is 0 Å². The number of methoxy groups -OCH3 is 2. The second kappa shape index (κ2) is 10.6. The fourth-order valence-corrected chi connectivity index (χ4v) is 4.37. The highest BCUT2D eigenvalue weighted by Crippen LogP contribution is 2.34. The van der Waals surface area contributed by atoms with Gasteiger partial charge in [-0.15, -0.1) is 0 Å². The number of carbonyl (C=O) groups excluding carboxylic acids is 1. The van der Waals surface area contributed by atoms with Crippen LogP contribution in [0.4, 0.5) is 5.69 Å². The first kappa shape index (κ1) is 25.3. The van der Waals surface area contributed by atoms with E-state index in [1.54, 1.807) is 57.5 Å². The molecule has 2 N–H and O–H groups in total. The Bertz CT molecular complexity index is 1560. The number of aliphatic hydroxyl groups is 1. The molecule has 1 aromatic heterocycles. The minimum absolute atomic E-state index is 0.00358. The highest BCUT2D eigenvalue weighted by atomic mass is 16.7. The van der Waals surface area contributed by atoms with E-state index in [4.69, 9.17) is 23.4 Å².